The first-order valence-electron chi connectivity index (χ1n) is 2.48. The molecule has 1 aliphatic carbocycles. The first-order valence-corrected chi connectivity index (χ1v) is 2.48. The van der Waals surface area contributed by atoms with Crippen LogP contribution < -0.4 is 0 Å². The van der Waals surface area contributed by atoms with Crippen LogP contribution in [0.1, 0.15) is 6.92 Å². The Hall–Kier alpha value is -0.630. The lowest BCUT2D eigenvalue weighted by Gasteiger charge is -2.26. The summed E-state index contributed by atoms with van der Waals surface area (Å²) in [7, 11) is 1.53. The van der Waals surface area contributed by atoms with Gasteiger partial charge in [0.1, 0.15) is 5.60 Å². The number of ketones is 1. The molecule has 0 fully saturated rings. The van der Waals surface area contributed by atoms with E-state index in [0.717, 1.165) is 0 Å². The molecule has 0 aromatic heterocycles. The van der Waals surface area contributed by atoms with E-state index in [1.165, 1.54) is 13.2 Å². The Labute approximate surface area is 48.1 Å². The van der Waals surface area contributed by atoms with Crippen LogP contribution in [0, 0.1) is 0 Å². The van der Waals surface area contributed by atoms with Gasteiger partial charge in [-0.1, -0.05) is 0 Å². The number of hydrogen-bond acceptors (Lipinski definition) is 2. The van der Waals surface area contributed by atoms with Crippen LogP contribution in [0.4, 0.5) is 0 Å². The number of ether oxygens (including phenoxy) is 1. The molecule has 1 atom stereocenters. The Morgan fingerprint density at radius 1 is 1.75 bits per heavy atom. The van der Waals surface area contributed by atoms with E-state index in [2.05, 4.69) is 0 Å². The maximum Gasteiger partial charge on any atom is 0.190 e. The van der Waals surface area contributed by atoms with Crippen molar-refractivity contribution < 1.29 is 9.53 Å². The lowest BCUT2D eigenvalue weighted by Crippen LogP contribution is -2.40. The highest BCUT2D eigenvalue weighted by molar-refractivity contribution is 6.05. The molecule has 44 valence electrons. The van der Waals surface area contributed by atoms with Crippen molar-refractivity contribution in [3.8, 4) is 0 Å². The third-order valence-electron chi connectivity index (χ3n) is 1.47. The second-order valence-electron chi connectivity index (χ2n) is 2.01. The molecule has 0 bridgehead atoms. The lowest BCUT2D eigenvalue weighted by atomic mass is 9.90. The molecule has 0 radical (unpaired) electrons. The minimum absolute atomic E-state index is 0.0556. The van der Waals surface area contributed by atoms with E-state index in [0.29, 0.717) is 0 Å². The molecule has 0 saturated heterocycles. The Kier molecular flexibility index (Phi) is 0.978. The summed E-state index contributed by atoms with van der Waals surface area (Å²) in [6.45, 7) is 1.75. The Balaban J connectivity index is 2.73. The van der Waals surface area contributed by atoms with Gasteiger partial charge in [-0.2, -0.15) is 0 Å². The van der Waals surface area contributed by atoms with Crippen LogP contribution in [-0.4, -0.2) is 18.5 Å². The van der Waals surface area contributed by atoms with E-state index in [1.807, 2.05) is 0 Å². The molecule has 0 spiro atoms. The molecule has 8 heavy (non-hydrogen) atoms. The third-order valence-corrected chi connectivity index (χ3v) is 1.47. The van der Waals surface area contributed by atoms with Gasteiger partial charge in [0.15, 0.2) is 5.78 Å². The van der Waals surface area contributed by atoms with Crippen molar-refractivity contribution in [2.75, 3.05) is 7.11 Å². The average Bonchev–Trinajstić information content (AvgIpc) is 1.83. The van der Waals surface area contributed by atoms with E-state index < -0.39 is 5.60 Å². The highest BCUT2D eigenvalue weighted by Crippen LogP contribution is 2.21. The molecule has 0 aromatic rings. The summed E-state index contributed by atoms with van der Waals surface area (Å²) in [5.74, 6) is 0.0556. The van der Waals surface area contributed by atoms with Crippen molar-refractivity contribution in [2.24, 2.45) is 0 Å². The lowest BCUT2D eigenvalue weighted by molar-refractivity contribution is -0.132. The topological polar surface area (TPSA) is 26.3 Å². The maximum atomic E-state index is 10.6. The summed E-state index contributed by atoms with van der Waals surface area (Å²) in [5.41, 5.74) is -0.597. The third kappa shape index (κ3) is 0.497. The quantitative estimate of drug-likeness (QED) is 0.494. The molecule has 0 N–H and O–H groups in total. The van der Waals surface area contributed by atoms with Crippen molar-refractivity contribution in [2.45, 2.75) is 12.5 Å². The fourth-order valence-corrected chi connectivity index (χ4v) is 0.555. The molecule has 0 amide bonds. The van der Waals surface area contributed by atoms with Crippen LogP contribution in [0.5, 0.6) is 0 Å². The normalized spacial score (nSPS) is 35.0. The molecule has 2 heteroatoms. The number of hydrogen-bond donors (Lipinski definition) is 0. The summed E-state index contributed by atoms with van der Waals surface area (Å²) in [6, 6.07) is 0. The molecule has 0 aliphatic heterocycles. The molecule has 1 rings (SSSR count). The molecule has 0 aromatic carbocycles. The monoisotopic (exact) mass is 112 g/mol. The van der Waals surface area contributed by atoms with Crippen molar-refractivity contribution in [1.82, 2.24) is 0 Å². The van der Waals surface area contributed by atoms with Gasteiger partial charge in [0.05, 0.1) is 0 Å². The van der Waals surface area contributed by atoms with Crippen molar-refractivity contribution in [3.63, 3.8) is 0 Å². The largest absolute Gasteiger partial charge is 0.366 e. The summed E-state index contributed by atoms with van der Waals surface area (Å²) in [5, 5.41) is 0. The van der Waals surface area contributed by atoms with Crippen molar-refractivity contribution in [1.29, 1.82) is 0 Å². The van der Waals surface area contributed by atoms with Gasteiger partial charge in [-0.25, -0.2) is 0 Å². The molecular weight excluding hydrogens is 104 g/mol. The zero-order valence-corrected chi connectivity index (χ0v) is 4.97. The molecule has 0 saturated carbocycles. The van der Waals surface area contributed by atoms with Gasteiger partial charge in [0, 0.05) is 7.11 Å². The van der Waals surface area contributed by atoms with E-state index in [4.69, 9.17) is 4.74 Å². The number of carbonyl (C=O) groups excluding carboxylic acids is 1. The first kappa shape index (κ1) is 5.51. The van der Waals surface area contributed by atoms with Gasteiger partial charge < -0.3 is 4.74 Å². The summed E-state index contributed by atoms with van der Waals surface area (Å²) >= 11 is 0. The predicted octanol–water partition coefficient (Wildman–Crippen LogP) is 0.530. The summed E-state index contributed by atoms with van der Waals surface area (Å²) in [6.07, 6.45) is 3.26. The first-order chi connectivity index (χ1) is 3.69. The Bertz CT molecular complexity index is 149. The smallest absolute Gasteiger partial charge is 0.190 e. The van der Waals surface area contributed by atoms with Gasteiger partial charge >= 0.3 is 0 Å². The predicted molar refractivity (Wildman–Crippen MR) is 29.6 cm³/mol. The Morgan fingerprint density at radius 3 is 2.38 bits per heavy atom. The van der Waals surface area contributed by atoms with Crippen LogP contribution >= 0.6 is 0 Å². The molecule has 0 heterocycles. The van der Waals surface area contributed by atoms with Gasteiger partial charge in [-0.05, 0) is 19.1 Å². The van der Waals surface area contributed by atoms with Gasteiger partial charge in [0.25, 0.3) is 0 Å². The zero-order chi connectivity index (χ0) is 6.20. The SMILES string of the molecule is COC1(C)C=CC1=O. The number of carbonyl (C=O) groups is 1. The highest BCUT2D eigenvalue weighted by atomic mass is 16.5. The molecule has 2 nitrogen and oxygen atoms in total. The van der Waals surface area contributed by atoms with E-state index >= 15 is 0 Å². The van der Waals surface area contributed by atoms with Gasteiger partial charge in [-0.15, -0.1) is 0 Å². The summed E-state index contributed by atoms with van der Waals surface area (Å²) in [4.78, 5) is 10.6. The number of methoxy groups -OCH3 is 1. The second kappa shape index (κ2) is 1.42. The Morgan fingerprint density at radius 2 is 2.38 bits per heavy atom. The van der Waals surface area contributed by atoms with E-state index in [-0.39, 0.29) is 5.78 Å². The minimum atomic E-state index is -0.597. The average molecular weight is 112 g/mol. The fraction of sp³-hybridized carbons (Fsp3) is 0.500. The standard InChI is InChI=1S/C6H8O2/c1-6(8-2)4-3-5(6)7/h3-4H,1-2H3. The maximum absolute atomic E-state index is 10.6. The number of rotatable bonds is 1. The van der Waals surface area contributed by atoms with Crippen LogP contribution in [-0.2, 0) is 9.53 Å². The van der Waals surface area contributed by atoms with E-state index in [9.17, 15) is 4.79 Å². The van der Waals surface area contributed by atoms with Crippen LogP contribution in [0.15, 0.2) is 12.2 Å². The van der Waals surface area contributed by atoms with Crippen LogP contribution in [0.3, 0.4) is 0 Å². The van der Waals surface area contributed by atoms with Gasteiger partial charge in [0.2, 0.25) is 0 Å². The molecular formula is C6H8O2. The molecule has 1 unspecified atom stereocenters. The fourth-order valence-electron chi connectivity index (χ4n) is 0.555. The minimum Gasteiger partial charge on any atom is -0.366 e. The van der Waals surface area contributed by atoms with Crippen molar-refractivity contribution in [3.05, 3.63) is 12.2 Å². The van der Waals surface area contributed by atoms with Crippen LogP contribution in [0.25, 0.3) is 0 Å². The zero-order valence-electron chi connectivity index (χ0n) is 4.97. The summed E-state index contributed by atoms with van der Waals surface area (Å²) < 4.78 is 4.85. The van der Waals surface area contributed by atoms with Crippen molar-refractivity contribution >= 4 is 5.78 Å². The molecule has 1 aliphatic rings. The van der Waals surface area contributed by atoms with Gasteiger partial charge in [-0.3, -0.25) is 4.79 Å². The highest BCUT2D eigenvalue weighted by Gasteiger charge is 2.34. The second-order valence-corrected chi connectivity index (χ2v) is 2.01. The van der Waals surface area contributed by atoms with Crippen LogP contribution in [0.2, 0.25) is 0 Å². The van der Waals surface area contributed by atoms with E-state index in [1.54, 1.807) is 13.0 Å².